The summed E-state index contributed by atoms with van der Waals surface area (Å²) >= 11 is 1.89. The highest BCUT2D eigenvalue weighted by Crippen LogP contribution is 2.45. The van der Waals surface area contributed by atoms with Crippen molar-refractivity contribution >= 4 is 23.3 Å². The molecule has 0 radical (unpaired) electrons. The van der Waals surface area contributed by atoms with Crippen LogP contribution >= 0.6 is 11.8 Å². The van der Waals surface area contributed by atoms with Crippen molar-refractivity contribution in [3.05, 3.63) is 53.1 Å². The Kier molecular flexibility index (Phi) is 6.17. The number of thioether (sulfide) groups is 1. The Bertz CT molecular complexity index is 755. The monoisotopic (exact) mass is 358 g/mol. The van der Waals surface area contributed by atoms with Crippen LogP contribution in [-0.4, -0.2) is 23.9 Å². The Hall–Kier alpha value is -1.94. The molecule has 0 saturated carbocycles. The Morgan fingerprint density at radius 2 is 2.04 bits per heavy atom. The number of hydrogen-bond donors (Lipinski definition) is 1. The Labute approximate surface area is 154 Å². The first-order chi connectivity index (χ1) is 11.7. The number of allylic oxidation sites excluding steroid dienone is 5. The van der Waals surface area contributed by atoms with E-state index in [0.717, 1.165) is 29.1 Å². The van der Waals surface area contributed by atoms with Gasteiger partial charge in [-0.15, -0.1) is 11.8 Å². The molecular formula is C21H26O3S. The Morgan fingerprint density at radius 1 is 1.32 bits per heavy atom. The van der Waals surface area contributed by atoms with Gasteiger partial charge in [-0.2, -0.15) is 0 Å². The lowest BCUT2D eigenvalue weighted by Crippen LogP contribution is -2.23. The quantitative estimate of drug-likeness (QED) is 0.561. The van der Waals surface area contributed by atoms with Gasteiger partial charge in [0.25, 0.3) is 0 Å². The second-order valence-electron chi connectivity index (χ2n) is 6.97. The molecule has 0 saturated heterocycles. The van der Waals surface area contributed by atoms with Crippen molar-refractivity contribution in [2.75, 3.05) is 12.9 Å². The van der Waals surface area contributed by atoms with E-state index in [9.17, 15) is 4.79 Å². The minimum atomic E-state index is -0.932. The van der Waals surface area contributed by atoms with Gasteiger partial charge in [0.2, 0.25) is 0 Å². The number of carboxylic acids is 1. The van der Waals surface area contributed by atoms with Crippen LogP contribution in [0.2, 0.25) is 0 Å². The summed E-state index contributed by atoms with van der Waals surface area (Å²) in [5, 5.41) is 8.76. The molecule has 1 aliphatic rings. The van der Waals surface area contributed by atoms with Crippen LogP contribution in [0.4, 0.5) is 0 Å². The lowest BCUT2D eigenvalue weighted by atomic mass is 9.80. The molecule has 25 heavy (non-hydrogen) atoms. The predicted octanol–water partition coefficient (Wildman–Crippen LogP) is 5.46. The smallest absolute Gasteiger partial charge is 0.328 e. The van der Waals surface area contributed by atoms with E-state index in [1.54, 1.807) is 20.1 Å². The van der Waals surface area contributed by atoms with Crippen molar-refractivity contribution in [2.24, 2.45) is 0 Å². The highest BCUT2D eigenvalue weighted by Gasteiger charge is 2.29. The van der Waals surface area contributed by atoms with Gasteiger partial charge < -0.3 is 9.84 Å². The third-order valence-corrected chi connectivity index (χ3v) is 5.55. The number of rotatable bonds is 5. The van der Waals surface area contributed by atoms with E-state index in [2.05, 4.69) is 26.0 Å². The second kappa shape index (κ2) is 7.96. The van der Waals surface area contributed by atoms with E-state index in [4.69, 9.17) is 9.84 Å². The fraction of sp³-hybridized carbons (Fsp3) is 0.381. The molecule has 0 aliphatic carbocycles. The van der Waals surface area contributed by atoms with Crippen LogP contribution in [0.5, 0.6) is 5.75 Å². The van der Waals surface area contributed by atoms with Gasteiger partial charge in [-0.3, -0.25) is 0 Å². The van der Waals surface area contributed by atoms with E-state index in [-0.39, 0.29) is 5.41 Å². The van der Waals surface area contributed by atoms with Crippen LogP contribution in [-0.2, 0) is 10.2 Å². The standard InChI is InChI=1S/C21H26O3S/c1-14(11-20(22)23)7-6-8-15(2)16-12-17-19(13-18(16)24-5)25-10-9-21(17,3)4/h6-8,11-13H,9-10H2,1-5H3,(H,22,23)/b7-6+,14-11+,15-8+. The topological polar surface area (TPSA) is 46.5 Å². The normalized spacial score (nSPS) is 17.5. The average molecular weight is 359 g/mol. The van der Waals surface area contributed by atoms with Gasteiger partial charge in [-0.25, -0.2) is 4.79 Å². The largest absolute Gasteiger partial charge is 0.496 e. The lowest BCUT2D eigenvalue weighted by molar-refractivity contribution is -0.131. The highest BCUT2D eigenvalue weighted by molar-refractivity contribution is 7.99. The zero-order valence-corrected chi connectivity index (χ0v) is 16.4. The molecule has 3 nitrogen and oxygen atoms in total. The minimum absolute atomic E-state index is 0.165. The zero-order chi connectivity index (χ0) is 18.6. The van der Waals surface area contributed by atoms with Crippen molar-refractivity contribution in [1.29, 1.82) is 0 Å². The fourth-order valence-electron chi connectivity index (χ4n) is 2.91. The number of ether oxygens (including phenoxy) is 1. The number of carboxylic acid groups (broad SMARTS) is 1. The number of methoxy groups -OCH3 is 1. The molecule has 1 aliphatic heterocycles. The van der Waals surface area contributed by atoms with Crippen LogP contribution in [0, 0.1) is 0 Å². The molecule has 1 aromatic carbocycles. The summed E-state index contributed by atoms with van der Waals surface area (Å²) in [5.41, 5.74) is 4.41. The molecule has 134 valence electrons. The van der Waals surface area contributed by atoms with E-state index < -0.39 is 5.97 Å². The van der Waals surface area contributed by atoms with E-state index >= 15 is 0 Å². The molecule has 0 atom stereocenters. The summed E-state index contributed by atoms with van der Waals surface area (Å²) < 4.78 is 5.61. The van der Waals surface area contributed by atoms with Crippen molar-refractivity contribution in [2.45, 2.75) is 44.4 Å². The van der Waals surface area contributed by atoms with Gasteiger partial charge >= 0.3 is 5.97 Å². The summed E-state index contributed by atoms with van der Waals surface area (Å²) in [5.74, 6) is 1.08. The second-order valence-corrected chi connectivity index (χ2v) is 8.10. The lowest BCUT2D eigenvalue weighted by Gasteiger charge is -2.33. The molecule has 0 spiro atoms. The minimum Gasteiger partial charge on any atom is -0.496 e. The molecular weight excluding hydrogens is 332 g/mol. The van der Waals surface area contributed by atoms with E-state index in [1.165, 1.54) is 16.5 Å². The number of carbonyl (C=O) groups is 1. The molecule has 0 unspecified atom stereocenters. The van der Waals surface area contributed by atoms with Gasteiger partial charge in [0.05, 0.1) is 7.11 Å². The Balaban J connectivity index is 2.39. The maximum atomic E-state index is 10.7. The van der Waals surface area contributed by atoms with Crippen molar-refractivity contribution in [3.8, 4) is 5.75 Å². The van der Waals surface area contributed by atoms with Gasteiger partial charge in [0, 0.05) is 16.5 Å². The Morgan fingerprint density at radius 3 is 2.68 bits per heavy atom. The zero-order valence-electron chi connectivity index (χ0n) is 15.6. The van der Waals surface area contributed by atoms with Crippen LogP contribution in [0.25, 0.3) is 5.57 Å². The first kappa shape index (κ1) is 19.4. The highest BCUT2D eigenvalue weighted by atomic mass is 32.2. The van der Waals surface area contributed by atoms with Gasteiger partial charge in [0.1, 0.15) is 5.75 Å². The summed E-state index contributed by atoms with van der Waals surface area (Å²) in [6.07, 6.45) is 8.02. The molecule has 1 N–H and O–H groups in total. The fourth-order valence-corrected chi connectivity index (χ4v) is 4.43. The third-order valence-electron chi connectivity index (χ3n) is 4.50. The molecule has 4 heteroatoms. The maximum absolute atomic E-state index is 10.7. The van der Waals surface area contributed by atoms with Crippen molar-refractivity contribution in [3.63, 3.8) is 0 Å². The molecule has 0 bridgehead atoms. The van der Waals surface area contributed by atoms with Crippen LogP contribution in [0.1, 0.15) is 45.2 Å². The maximum Gasteiger partial charge on any atom is 0.328 e. The molecule has 2 rings (SSSR count). The summed E-state index contributed by atoms with van der Waals surface area (Å²) in [4.78, 5) is 12.0. The van der Waals surface area contributed by atoms with Gasteiger partial charge in [0.15, 0.2) is 0 Å². The molecule has 0 aromatic heterocycles. The van der Waals surface area contributed by atoms with E-state index in [1.807, 2.05) is 30.8 Å². The molecule has 1 heterocycles. The first-order valence-electron chi connectivity index (χ1n) is 8.36. The predicted molar refractivity (Wildman–Crippen MR) is 106 cm³/mol. The molecule has 0 fully saturated rings. The summed E-state index contributed by atoms with van der Waals surface area (Å²) in [6.45, 7) is 8.41. The van der Waals surface area contributed by atoms with E-state index in [0.29, 0.717) is 5.57 Å². The molecule has 0 amide bonds. The summed E-state index contributed by atoms with van der Waals surface area (Å²) in [7, 11) is 1.70. The van der Waals surface area contributed by atoms with Crippen LogP contribution in [0.3, 0.4) is 0 Å². The SMILES string of the molecule is COc1cc2c(cc1/C(C)=C/C=C/C(C)=C/C(=O)O)C(C)(C)CCS2. The molecule has 1 aromatic rings. The number of hydrogen-bond acceptors (Lipinski definition) is 3. The van der Waals surface area contributed by atoms with Crippen LogP contribution < -0.4 is 4.74 Å². The number of fused-ring (bicyclic) bond motifs is 1. The average Bonchev–Trinajstić information content (AvgIpc) is 2.52. The van der Waals surface area contributed by atoms with Gasteiger partial charge in [-0.1, -0.05) is 32.1 Å². The first-order valence-corrected chi connectivity index (χ1v) is 9.35. The van der Waals surface area contributed by atoms with Crippen LogP contribution in [0.15, 0.2) is 46.9 Å². The van der Waals surface area contributed by atoms with Crippen molar-refractivity contribution < 1.29 is 14.6 Å². The number of aliphatic carboxylic acids is 1. The van der Waals surface area contributed by atoms with Gasteiger partial charge in [-0.05, 0) is 60.3 Å². The van der Waals surface area contributed by atoms with Crippen molar-refractivity contribution in [1.82, 2.24) is 0 Å². The number of benzene rings is 1. The summed E-state index contributed by atoms with van der Waals surface area (Å²) in [6, 6.07) is 4.40. The third kappa shape index (κ3) is 4.79.